The molecule has 0 N–H and O–H groups in total. The van der Waals surface area contributed by atoms with Gasteiger partial charge in [0.05, 0.1) is 11.4 Å². The molecule has 8 aromatic carbocycles. The van der Waals surface area contributed by atoms with Gasteiger partial charge < -0.3 is 4.90 Å². The molecule has 0 heterocycles. The van der Waals surface area contributed by atoms with Gasteiger partial charge in [0.1, 0.15) is 0 Å². The maximum Gasteiger partial charge on any atom is 0.0540 e. The van der Waals surface area contributed by atoms with Gasteiger partial charge in [0, 0.05) is 16.6 Å². The van der Waals surface area contributed by atoms with Crippen molar-refractivity contribution in [3.8, 4) is 33.4 Å². The Kier molecular flexibility index (Phi) is 7.22. The summed E-state index contributed by atoms with van der Waals surface area (Å²) in [4.78, 5) is 2.43. The predicted octanol–water partition coefficient (Wildman–Crippen LogP) is 13.2. The average molecular weight is 624 g/mol. The van der Waals surface area contributed by atoms with Gasteiger partial charge in [0.2, 0.25) is 0 Å². The lowest BCUT2D eigenvalue weighted by atomic mass is 9.96. The van der Waals surface area contributed by atoms with Gasteiger partial charge in [-0.25, -0.2) is 0 Å². The van der Waals surface area contributed by atoms with Crippen molar-refractivity contribution in [3.63, 3.8) is 0 Å². The second-order valence-corrected chi connectivity index (χ2v) is 12.5. The molecule has 1 heteroatoms. The van der Waals surface area contributed by atoms with Crippen LogP contribution in [-0.4, -0.2) is 0 Å². The second kappa shape index (κ2) is 12.3. The Morgan fingerprint density at radius 2 is 0.898 bits per heavy atom. The minimum atomic E-state index is 1.11. The van der Waals surface area contributed by atoms with E-state index in [1.54, 1.807) is 0 Å². The van der Waals surface area contributed by atoms with E-state index in [-0.39, 0.29) is 0 Å². The van der Waals surface area contributed by atoms with Crippen molar-refractivity contribution in [3.05, 3.63) is 211 Å². The standard InChI is InChI=1S/C48H33N/c1-2-16-35(17-3-1)37-20-13-22-39(33-37)49(48-30-14-19-36-18-4-5-23-40(36)48)47-29-11-10-24-41(47)38-21-12-15-34(31-38)32-46-44-27-8-6-25-42(44)43-26-7-9-28-45(43)46/h1-33H. The molecule has 230 valence electrons. The third-order valence-electron chi connectivity index (χ3n) is 9.60. The van der Waals surface area contributed by atoms with Crippen LogP contribution in [0.2, 0.25) is 0 Å². The van der Waals surface area contributed by atoms with Gasteiger partial charge in [0.25, 0.3) is 0 Å². The van der Waals surface area contributed by atoms with E-state index in [1.807, 2.05) is 0 Å². The van der Waals surface area contributed by atoms with Crippen LogP contribution in [-0.2, 0) is 0 Å². The SMILES string of the molecule is C(=C1c2ccccc2-c2ccccc21)c1cccc(-c2ccccc2N(c2cccc(-c3ccccc3)c2)c2cccc3ccccc23)c1. The zero-order valence-electron chi connectivity index (χ0n) is 27.0. The summed E-state index contributed by atoms with van der Waals surface area (Å²) in [7, 11) is 0. The van der Waals surface area contributed by atoms with E-state index >= 15 is 0 Å². The Hall–Kier alpha value is -6.44. The molecule has 1 nitrogen and oxygen atoms in total. The van der Waals surface area contributed by atoms with Gasteiger partial charge in [-0.2, -0.15) is 0 Å². The summed E-state index contributed by atoms with van der Waals surface area (Å²) in [6.07, 6.45) is 2.35. The fourth-order valence-corrected chi connectivity index (χ4v) is 7.35. The van der Waals surface area contributed by atoms with Gasteiger partial charge in [0.15, 0.2) is 0 Å². The van der Waals surface area contributed by atoms with Crippen LogP contribution in [0.1, 0.15) is 16.7 Å². The van der Waals surface area contributed by atoms with Crippen LogP contribution in [0, 0.1) is 0 Å². The lowest BCUT2D eigenvalue weighted by molar-refractivity contribution is 1.30. The van der Waals surface area contributed by atoms with Gasteiger partial charge in [-0.3, -0.25) is 0 Å². The summed E-state index contributed by atoms with van der Waals surface area (Å²) < 4.78 is 0. The lowest BCUT2D eigenvalue weighted by Crippen LogP contribution is -2.12. The normalized spacial score (nSPS) is 11.6. The second-order valence-electron chi connectivity index (χ2n) is 12.5. The summed E-state index contributed by atoms with van der Waals surface area (Å²) >= 11 is 0. The van der Waals surface area contributed by atoms with Crippen molar-refractivity contribution in [2.75, 3.05) is 4.90 Å². The zero-order valence-corrected chi connectivity index (χ0v) is 27.0. The van der Waals surface area contributed by atoms with Crippen molar-refractivity contribution in [1.29, 1.82) is 0 Å². The molecule has 0 bridgehead atoms. The number of rotatable bonds is 6. The van der Waals surface area contributed by atoms with E-state index in [2.05, 4.69) is 205 Å². The molecule has 0 unspecified atom stereocenters. The van der Waals surface area contributed by atoms with Crippen LogP contribution < -0.4 is 4.90 Å². The van der Waals surface area contributed by atoms with Crippen LogP contribution in [0.5, 0.6) is 0 Å². The highest BCUT2D eigenvalue weighted by Crippen LogP contribution is 2.46. The molecule has 0 fully saturated rings. The largest absolute Gasteiger partial charge is 0.309 e. The van der Waals surface area contributed by atoms with E-state index in [0.29, 0.717) is 0 Å². The summed E-state index contributed by atoms with van der Waals surface area (Å²) in [6, 6.07) is 70.0. The molecule has 1 aliphatic carbocycles. The van der Waals surface area contributed by atoms with E-state index in [1.165, 1.54) is 66.4 Å². The van der Waals surface area contributed by atoms with Gasteiger partial charge in [-0.1, -0.05) is 164 Å². The van der Waals surface area contributed by atoms with Crippen molar-refractivity contribution in [1.82, 2.24) is 0 Å². The molecule has 0 saturated heterocycles. The molecule has 0 amide bonds. The molecule has 0 spiro atoms. The maximum absolute atomic E-state index is 2.43. The zero-order chi connectivity index (χ0) is 32.6. The van der Waals surface area contributed by atoms with Gasteiger partial charge in [-0.15, -0.1) is 0 Å². The van der Waals surface area contributed by atoms with Gasteiger partial charge >= 0.3 is 0 Å². The number of anilines is 3. The van der Waals surface area contributed by atoms with Crippen molar-refractivity contribution in [2.24, 2.45) is 0 Å². The molecule has 0 aliphatic heterocycles. The Balaban J connectivity index is 1.21. The van der Waals surface area contributed by atoms with Crippen LogP contribution in [0.4, 0.5) is 17.1 Å². The number of para-hydroxylation sites is 1. The van der Waals surface area contributed by atoms with Crippen LogP contribution >= 0.6 is 0 Å². The van der Waals surface area contributed by atoms with Crippen molar-refractivity contribution >= 4 is 39.5 Å². The Bertz CT molecular complexity index is 2450. The lowest BCUT2D eigenvalue weighted by Gasteiger charge is -2.29. The molecule has 49 heavy (non-hydrogen) atoms. The molecule has 0 radical (unpaired) electrons. The highest BCUT2D eigenvalue weighted by Gasteiger charge is 2.23. The summed E-state index contributed by atoms with van der Waals surface area (Å²) in [5.41, 5.74) is 15.7. The Labute approximate surface area is 287 Å². The highest BCUT2D eigenvalue weighted by molar-refractivity contribution is 6.07. The molecule has 0 atom stereocenters. The highest BCUT2D eigenvalue weighted by atomic mass is 15.1. The summed E-state index contributed by atoms with van der Waals surface area (Å²) in [5, 5.41) is 2.43. The fourth-order valence-electron chi connectivity index (χ4n) is 7.35. The predicted molar refractivity (Wildman–Crippen MR) is 208 cm³/mol. The number of hydrogen-bond donors (Lipinski definition) is 0. The van der Waals surface area contributed by atoms with Crippen molar-refractivity contribution in [2.45, 2.75) is 0 Å². The third-order valence-corrected chi connectivity index (χ3v) is 9.60. The van der Waals surface area contributed by atoms with Crippen LogP contribution in [0.25, 0.3) is 55.8 Å². The number of benzene rings is 8. The molecule has 1 aliphatic rings. The molecule has 0 aromatic heterocycles. The average Bonchev–Trinajstić information content (AvgIpc) is 3.49. The Morgan fingerprint density at radius 3 is 1.69 bits per heavy atom. The van der Waals surface area contributed by atoms with Crippen LogP contribution in [0.15, 0.2) is 194 Å². The number of fused-ring (bicyclic) bond motifs is 4. The van der Waals surface area contributed by atoms with Crippen LogP contribution in [0.3, 0.4) is 0 Å². The number of hydrogen-bond acceptors (Lipinski definition) is 1. The summed E-state index contributed by atoms with van der Waals surface area (Å²) in [5.74, 6) is 0. The Morgan fingerprint density at radius 1 is 0.347 bits per heavy atom. The minimum absolute atomic E-state index is 1.11. The third kappa shape index (κ3) is 5.23. The van der Waals surface area contributed by atoms with E-state index in [9.17, 15) is 0 Å². The number of nitrogens with zero attached hydrogens (tertiary/aromatic N) is 1. The molecular weight excluding hydrogens is 591 g/mol. The molecular formula is C48H33N. The van der Waals surface area contributed by atoms with Gasteiger partial charge in [-0.05, 0) is 91.9 Å². The first-order chi connectivity index (χ1) is 24.3. The summed E-state index contributed by atoms with van der Waals surface area (Å²) in [6.45, 7) is 0. The quantitative estimate of drug-likeness (QED) is 0.178. The fraction of sp³-hybridized carbons (Fsp3) is 0. The monoisotopic (exact) mass is 623 g/mol. The van der Waals surface area contributed by atoms with E-state index in [0.717, 1.165) is 17.1 Å². The smallest absolute Gasteiger partial charge is 0.0540 e. The topological polar surface area (TPSA) is 3.24 Å². The first-order valence-electron chi connectivity index (χ1n) is 16.9. The molecule has 0 saturated carbocycles. The molecule has 8 aromatic rings. The van der Waals surface area contributed by atoms with Crippen molar-refractivity contribution < 1.29 is 0 Å². The van der Waals surface area contributed by atoms with E-state index < -0.39 is 0 Å². The maximum atomic E-state index is 2.43. The first kappa shape index (κ1) is 28.8. The first-order valence-corrected chi connectivity index (χ1v) is 16.9. The minimum Gasteiger partial charge on any atom is -0.309 e. The molecule has 9 rings (SSSR count). The van der Waals surface area contributed by atoms with E-state index in [4.69, 9.17) is 0 Å².